The predicted octanol–water partition coefficient (Wildman–Crippen LogP) is 1.95. The Morgan fingerprint density at radius 3 is 2.74 bits per heavy atom. The van der Waals surface area contributed by atoms with Gasteiger partial charge in [-0.15, -0.1) is 0 Å². The molecule has 0 spiro atoms. The number of nitrogens with one attached hydrogen (secondary N) is 1. The van der Waals surface area contributed by atoms with E-state index in [0.717, 1.165) is 45.4 Å². The van der Waals surface area contributed by atoms with Gasteiger partial charge in [0.05, 0.1) is 0 Å². The number of benzene rings is 1. The van der Waals surface area contributed by atoms with Crippen LogP contribution in [-0.4, -0.2) is 32.8 Å². The van der Waals surface area contributed by atoms with Crippen LogP contribution in [0.3, 0.4) is 0 Å². The summed E-state index contributed by atoms with van der Waals surface area (Å²) < 4.78 is 4.99. The van der Waals surface area contributed by atoms with Crippen molar-refractivity contribution in [2.45, 2.75) is 25.7 Å². The van der Waals surface area contributed by atoms with Crippen LogP contribution in [-0.2, 0) is 11.2 Å². The third-order valence-electron chi connectivity index (χ3n) is 2.85. The highest BCUT2D eigenvalue weighted by molar-refractivity contribution is 5.77. The fourth-order valence-electron chi connectivity index (χ4n) is 1.77. The van der Waals surface area contributed by atoms with Crippen molar-refractivity contribution in [3.8, 4) is 0 Å². The number of hydrogen-bond acceptors (Lipinski definition) is 2. The van der Waals surface area contributed by atoms with Gasteiger partial charge in [-0.05, 0) is 31.2 Å². The maximum absolute atomic E-state index is 5.79. The van der Waals surface area contributed by atoms with Crippen molar-refractivity contribution in [2.24, 2.45) is 10.7 Å². The van der Waals surface area contributed by atoms with E-state index >= 15 is 0 Å². The molecule has 19 heavy (non-hydrogen) atoms. The zero-order valence-corrected chi connectivity index (χ0v) is 11.8. The number of aliphatic imine (C=N–C) groups is 1. The summed E-state index contributed by atoms with van der Waals surface area (Å²) in [5, 5.41) is 3.14. The van der Waals surface area contributed by atoms with Crippen LogP contribution >= 0.6 is 0 Å². The summed E-state index contributed by atoms with van der Waals surface area (Å²) in [5.74, 6) is 0.544. The van der Waals surface area contributed by atoms with Gasteiger partial charge in [0.25, 0.3) is 0 Å². The molecule has 0 saturated heterocycles. The van der Waals surface area contributed by atoms with Crippen molar-refractivity contribution in [3.63, 3.8) is 0 Å². The molecule has 0 amide bonds. The Morgan fingerprint density at radius 2 is 2.00 bits per heavy atom. The lowest BCUT2D eigenvalue weighted by molar-refractivity contribution is 0.192. The largest absolute Gasteiger partial charge is 0.385 e. The normalized spacial score (nSPS) is 11.5. The lowest BCUT2D eigenvalue weighted by Crippen LogP contribution is -2.33. The molecule has 1 aromatic rings. The van der Waals surface area contributed by atoms with Gasteiger partial charge in [-0.3, -0.25) is 4.99 Å². The fourth-order valence-corrected chi connectivity index (χ4v) is 1.77. The van der Waals surface area contributed by atoms with Crippen LogP contribution in [0.5, 0.6) is 0 Å². The molecule has 0 radical (unpaired) electrons. The van der Waals surface area contributed by atoms with E-state index in [1.807, 2.05) is 18.2 Å². The monoisotopic (exact) mass is 263 g/mol. The van der Waals surface area contributed by atoms with Crippen molar-refractivity contribution in [2.75, 3.05) is 26.8 Å². The second-order valence-corrected chi connectivity index (χ2v) is 4.48. The van der Waals surface area contributed by atoms with Crippen LogP contribution in [0.2, 0.25) is 0 Å². The molecule has 0 aliphatic heterocycles. The van der Waals surface area contributed by atoms with Gasteiger partial charge in [-0.2, -0.15) is 0 Å². The second kappa shape index (κ2) is 10.4. The van der Waals surface area contributed by atoms with Gasteiger partial charge in [0.15, 0.2) is 5.96 Å². The number of unbranched alkanes of at least 4 members (excludes halogenated alkanes) is 2. The van der Waals surface area contributed by atoms with Crippen molar-refractivity contribution in [1.29, 1.82) is 0 Å². The molecule has 4 nitrogen and oxygen atoms in total. The molecule has 1 aromatic carbocycles. The molecule has 0 aliphatic rings. The van der Waals surface area contributed by atoms with Crippen LogP contribution in [0, 0.1) is 0 Å². The molecule has 106 valence electrons. The third kappa shape index (κ3) is 8.21. The van der Waals surface area contributed by atoms with Crippen LogP contribution in [0.1, 0.15) is 24.8 Å². The first kappa shape index (κ1) is 15.5. The first-order chi connectivity index (χ1) is 9.33. The van der Waals surface area contributed by atoms with E-state index in [1.165, 1.54) is 5.56 Å². The Labute approximate surface area is 116 Å². The summed E-state index contributed by atoms with van der Waals surface area (Å²) in [6, 6.07) is 10.4. The molecule has 0 saturated carbocycles. The Morgan fingerprint density at radius 1 is 1.21 bits per heavy atom. The lowest BCUT2D eigenvalue weighted by atomic mass is 10.1. The van der Waals surface area contributed by atoms with Crippen molar-refractivity contribution in [3.05, 3.63) is 35.9 Å². The number of nitrogens with two attached hydrogens (primary N) is 1. The molecule has 0 aliphatic carbocycles. The minimum atomic E-state index is 0.544. The van der Waals surface area contributed by atoms with Crippen LogP contribution in [0.25, 0.3) is 0 Å². The predicted molar refractivity (Wildman–Crippen MR) is 80.4 cm³/mol. The number of nitrogens with zero attached hydrogens (tertiary/aromatic N) is 1. The van der Waals surface area contributed by atoms with Crippen molar-refractivity contribution < 1.29 is 4.74 Å². The second-order valence-electron chi connectivity index (χ2n) is 4.48. The highest BCUT2D eigenvalue weighted by Gasteiger charge is 1.94. The molecule has 0 heterocycles. The van der Waals surface area contributed by atoms with Crippen LogP contribution in [0.4, 0.5) is 0 Å². The lowest BCUT2D eigenvalue weighted by Gasteiger charge is -2.05. The minimum absolute atomic E-state index is 0.544. The van der Waals surface area contributed by atoms with Gasteiger partial charge < -0.3 is 15.8 Å². The number of guanidine groups is 1. The van der Waals surface area contributed by atoms with Crippen LogP contribution in [0.15, 0.2) is 35.3 Å². The van der Waals surface area contributed by atoms with E-state index < -0.39 is 0 Å². The SMILES string of the molecule is COCCCCCN=C(N)NCCc1ccccc1. The standard InChI is InChI=1S/C15H25N3O/c1-19-13-7-3-6-11-17-15(16)18-12-10-14-8-4-2-5-9-14/h2,4-5,8-9H,3,6-7,10-13H2,1H3,(H3,16,17,18). The Kier molecular flexibility index (Phi) is 8.47. The zero-order chi connectivity index (χ0) is 13.8. The maximum atomic E-state index is 5.79. The smallest absolute Gasteiger partial charge is 0.188 e. The average Bonchev–Trinajstić information content (AvgIpc) is 2.44. The van der Waals surface area contributed by atoms with Gasteiger partial charge >= 0.3 is 0 Å². The van der Waals surface area contributed by atoms with Gasteiger partial charge in [-0.1, -0.05) is 30.3 Å². The number of ether oxygens (including phenoxy) is 1. The molecule has 0 atom stereocenters. The topological polar surface area (TPSA) is 59.6 Å². The maximum Gasteiger partial charge on any atom is 0.188 e. The summed E-state index contributed by atoms with van der Waals surface area (Å²) in [6.07, 6.45) is 4.25. The number of methoxy groups -OCH3 is 1. The third-order valence-corrected chi connectivity index (χ3v) is 2.85. The average molecular weight is 263 g/mol. The minimum Gasteiger partial charge on any atom is -0.385 e. The number of hydrogen-bond donors (Lipinski definition) is 2. The van der Waals surface area contributed by atoms with Crippen molar-refractivity contribution in [1.82, 2.24) is 5.32 Å². The Balaban J connectivity index is 2.05. The van der Waals surface area contributed by atoms with Gasteiger partial charge in [-0.25, -0.2) is 0 Å². The van der Waals surface area contributed by atoms with Gasteiger partial charge in [0.2, 0.25) is 0 Å². The highest BCUT2D eigenvalue weighted by atomic mass is 16.5. The van der Waals surface area contributed by atoms with E-state index in [4.69, 9.17) is 10.5 Å². The summed E-state index contributed by atoms with van der Waals surface area (Å²) in [4.78, 5) is 4.30. The molecular formula is C15H25N3O. The van der Waals surface area contributed by atoms with Crippen molar-refractivity contribution >= 4 is 5.96 Å². The molecule has 1 rings (SSSR count). The first-order valence-corrected chi connectivity index (χ1v) is 6.89. The first-order valence-electron chi connectivity index (χ1n) is 6.89. The molecule has 3 N–H and O–H groups in total. The molecule has 4 heteroatoms. The van der Waals surface area contributed by atoms with Gasteiger partial charge in [0.1, 0.15) is 0 Å². The summed E-state index contributed by atoms with van der Waals surface area (Å²) in [6.45, 7) is 2.44. The Hall–Kier alpha value is -1.55. The Bertz CT molecular complexity index is 352. The summed E-state index contributed by atoms with van der Waals surface area (Å²) >= 11 is 0. The molecule has 0 unspecified atom stereocenters. The van der Waals surface area contributed by atoms with E-state index in [2.05, 4.69) is 22.4 Å². The quantitative estimate of drug-likeness (QED) is 0.407. The van der Waals surface area contributed by atoms with E-state index in [-0.39, 0.29) is 0 Å². The van der Waals surface area contributed by atoms with Gasteiger partial charge in [0, 0.05) is 26.8 Å². The summed E-state index contributed by atoms with van der Waals surface area (Å²) in [7, 11) is 1.73. The van der Waals surface area contributed by atoms with E-state index in [9.17, 15) is 0 Å². The zero-order valence-electron chi connectivity index (χ0n) is 11.8. The van der Waals surface area contributed by atoms with Crippen LogP contribution < -0.4 is 11.1 Å². The molecular weight excluding hydrogens is 238 g/mol. The van der Waals surface area contributed by atoms with E-state index in [0.29, 0.717) is 5.96 Å². The fraction of sp³-hybridized carbons (Fsp3) is 0.533. The summed E-state index contributed by atoms with van der Waals surface area (Å²) in [5.41, 5.74) is 7.10. The molecule has 0 bridgehead atoms. The van der Waals surface area contributed by atoms with E-state index in [1.54, 1.807) is 7.11 Å². The highest BCUT2D eigenvalue weighted by Crippen LogP contribution is 1.98. The molecule has 0 fully saturated rings. The number of rotatable bonds is 9. The molecule has 0 aromatic heterocycles.